The van der Waals surface area contributed by atoms with Gasteiger partial charge in [0.25, 0.3) is 0 Å². The second-order valence-corrected chi connectivity index (χ2v) is 8.04. The van der Waals surface area contributed by atoms with Crippen LogP contribution >= 0.6 is 24.0 Å². The fourth-order valence-electron chi connectivity index (χ4n) is 4.69. The smallest absolute Gasteiger partial charge is 0.308 e. The van der Waals surface area contributed by atoms with Gasteiger partial charge >= 0.3 is 5.97 Å². The number of hydrogen-bond donors (Lipinski definition) is 1. The zero-order valence-electron chi connectivity index (χ0n) is 17.5. The molecule has 1 aliphatic heterocycles. The summed E-state index contributed by atoms with van der Waals surface area (Å²) < 4.78 is 18.8. The van der Waals surface area contributed by atoms with E-state index in [0.717, 1.165) is 56.8 Å². The summed E-state index contributed by atoms with van der Waals surface area (Å²) in [5.41, 5.74) is 1.03. The summed E-state index contributed by atoms with van der Waals surface area (Å²) in [5, 5.41) is 3.56. The number of aliphatic imine (C=N–C) groups is 1. The number of halogens is 2. The normalized spacial score (nSPS) is 20.0. The van der Waals surface area contributed by atoms with E-state index in [0.29, 0.717) is 0 Å². The second-order valence-electron chi connectivity index (χ2n) is 8.04. The number of methoxy groups -OCH3 is 1. The van der Waals surface area contributed by atoms with E-state index in [1.165, 1.54) is 32.4 Å². The summed E-state index contributed by atoms with van der Waals surface area (Å²) >= 11 is 0. The molecule has 0 unspecified atom stereocenters. The Morgan fingerprint density at radius 1 is 1.28 bits per heavy atom. The molecule has 0 aromatic heterocycles. The molecule has 0 spiro atoms. The number of nitrogens with one attached hydrogen (secondary N) is 1. The first-order chi connectivity index (χ1) is 13.6. The Kier molecular flexibility index (Phi) is 9.17. The number of guanidine groups is 1. The van der Waals surface area contributed by atoms with Gasteiger partial charge in [-0.15, -0.1) is 24.0 Å². The molecule has 0 amide bonds. The molecule has 0 radical (unpaired) electrons. The molecule has 162 valence electrons. The molecular formula is C22H33FIN3O2. The van der Waals surface area contributed by atoms with E-state index in [9.17, 15) is 9.18 Å². The third-order valence-electron chi connectivity index (χ3n) is 6.37. The van der Waals surface area contributed by atoms with Crippen LogP contribution in [0.2, 0.25) is 0 Å². The molecule has 29 heavy (non-hydrogen) atoms. The molecule has 1 saturated heterocycles. The molecule has 2 aliphatic rings. The molecular weight excluding hydrogens is 484 g/mol. The summed E-state index contributed by atoms with van der Waals surface area (Å²) in [6, 6.07) is 7.07. The van der Waals surface area contributed by atoms with Crippen molar-refractivity contribution in [1.82, 2.24) is 10.2 Å². The Morgan fingerprint density at radius 2 is 1.97 bits per heavy atom. The van der Waals surface area contributed by atoms with Crippen LogP contribution in [0.3, 0.4) is 0 Å². The highest BCUT2D eigenvalue weighted by atomic mass is 127. The van der Waals surface area contributed by atoms with Crippen molar-refractivity contribution in [2.45, 2.75) is 50.4 Å². The minimum atomic E-state index is -0.170. The predicted octanol–water partition coefficient (Wildman–Crippen LogP) is 4.11. The average molecular weight is 517 g/mol. The molecule has 1 aromatic carbocycles. The van der Waals surface area contributed by atoms with E-state index in [1.54, 1.807) is 13.1 Å². The Balaban J connectivity index is 0.00000300. The summed E-state index contributed by atoms with van der Waals surface area (Å²) in [7, 11) is 3.25. The van der Waals surface area contributed by atoms with Crippen LogP contribution in [0.15, 0.2) is 29.3 Å². The Hall–Kier alpha value is -1.38. The van der Waals surface area contributed by atoms with E-state index in [1.807, 2.05) is 6.07 Å². The number of hydrogen-bond acceptors (Lipinski definition) is 3. The first-order valence-corrected chi connectivity index (χ1v) is 10.4. The standard InChI is InChI=1S/C22H32FN3O2.HI/c1-24-21(26-13-9-17(10-14-26)20(27)28-2)25-16-22(11-4-3-5-12-22)18-7-6-8-19(23)15-18;/h6-8,15,17H,3-5,9-14,16H2,1-2H3,(H,24,25);1H. The van der Waals surface area contributed by atoms with Gasteiger partial charge in [0, 0.05) is 32.1 Å². The van der Waals surface area contributed by atoms with Crippen LogP contribution in [0, 0.1) is 11.7 Å². The second kappa shape index (κ2) is 11.1. The number of rotatable bonds is 4. The van der Waals surface area contributed by atoms with Crippen LogP contribution in [-0.2, 0) is 14.9 Å². The maximum atomic E-state index is 13.9. The number of nitrogens with zero attached hydrogens (tertiary/aromatic N) is 2. The fourth-order valence-corrected chi connectivity index (χ4v) is 4.69. The van der Waals surface area contributed by atoms with E-state index in [4.69, 9.17) is 4.74 Å². The SMILES string of the molecule is CN=C(NCC1(c2cccc(F)c2)CCCCC1)N1CCC(C(=O)OC)CC1.I. The molecule has 7 heteroatoms. The number of piperidine rings is 1. The van der Waals surface area contributed by atoms with E-state index < -0.39 is 0 Å². The highest BCUT2D eigenvalue weighted by Crippen LogP contribution is 2.39. The summed E-state index contributed by atoms with van der Waals surface area (Å²) in [4.78, 5) is 18.4. The van der Waals surface area contributed by atoms with Gasteiger partial charge in [-0.1, -0.05) is 31.4 Å². The molecule has 2 fully saturated rings. The molecule has 5 nitrogen and oxygen atoms in total. The van der Waals surface area contributed by atoms with Crippen molar-refractivity contribution in [3.8, 4) is 0 Å². The van der Waals surface area contributed by atoms with Crippen molar-refractivity contribution in [3.05, 3.63) is 35.6 Å². The number of carbonyl (C=O) groups excluding carboxylic acids is 1. The predicted molar refractivity (Wildman–Crippen MR) is 124 cm³/mol. The molecule has 0 atom stereocenters. The summed E-state index contributed by atoms with van der Waals surface area (Å²) in [6.07, 6.45) is 7.26. The van der Waals surface area contributed by atoms with E-state index >= 15 is 0 Å². The highest BCUT2D eigenvalue weighted by Gasteiger charge is 2.35. The molecule has 1 N–H and O–H groups in total. The van der Waals surface area contributed by atoms with Gasteiger partial charge in [-0.25, -0.2) is 4.39 Å². The van der Waals surface area contributed by atoms with E-state index in [-0.39, 0.29) is 47.1 Å². The molecule has 1 heterocycles. The molecule has 3 rings (SSSR count). The largest absolute Gasteiger partial charge is 0.469 e. The lowest BCUT2D eigenvalue weighted by Crippen LogP contribution is -2.50. The van der Waals surface area contributed by atoms with Crippen LogP contribution < -0.4 is 5.32 Å². The van der Waals surface area contributed by atoms with Crippen LogP contribution in [0.1, 0.15) is 50.5 Å². The monoisotopic (exact) mass is 517 g/mol. The quantitative estimate of drug-likeness (QED) is 0.283. The lowest BCUT2D eigenvalue weighted by atomic mass is 9.69. The maximum absolute atomic E-state index is 13.9. The molecule has 1 aliphatic carbocycles. The first-order valence-electron chi connectivity index (χ1n) is 10.4. The van der Waals surface area contributed by atoms with E-state index in [2.05, 4.69) is 21.3 Å². The number of ether oxygens (including phenoxy) is 1. The summed E-state index contributed by atoms with van der Waals surface area (Å²) in [5.74, 6) is 0.563. The summed E-state index contributed by atoms with van der Waals surface area (Å²) in [6.45, 7) is 2.32. The third kappa shape index (κ3) is 5.83. The minimum Gasteiger partial charge on any atom is -0.469 e. The topological polar surface area (TPSA) is 53.9 Å². The average Bonchev–Trinajstić information content (AvgIpc) is 2.74. The van der Waals surface area contributed by atoms with Crippen molar-refractivity contribution in [3.63, 3.8) is 0 Å². The number of carbonyl (C=O) groups is 1. The lowest BCUT2D eigenvalue weighted by Gasteiger charge is -2.40. The Bertz CT molecular complexity index is 699. The fraction of sp³-hybridized carbons (Fsp3) is 0.636. The van der Waals surface area contributed by atoms with Crippen molar-refractivity contribution in [2.75, 3.05) is 33.8 Å². The van der Waals surface area contributed by atoms with Crippen molar-refractivity contribution in [2.24, 2.45) is 10.9 Å². The van der Waals surface area contributed by atoms with Crippen LogP contribution in [0.25, 0.3) is 0 Å². The third-order valence-corrected chi connectivity index (χ3v) is 6.37. The number of likely N-dealkylation sites (tertiary alicyclic amines) is 1. The molecule has 1 saturated carbocycles. The lowest BCUT2D eigenvalue weighted by molar-refractivity contribution is -0.146. The Labute approximate surface area is 190 Å². The van der Waals surface area contributed by atoms with Gasteiger partial charge < -0.3 is 15.0 Å². The number of esters is 1. The van der Waals surface area contributed by atoms with Crippen molar-refractivity contribution >= 4 is 35.9 Å². The van der Waals surface area contributed by atoms with Gasteiger partial charge in [-0.05, 0) is 43.4 Å². The first kappa shape index (κ1) is 23.9. The van der Waals surface area contributed by atoms with Crippen LogP contribution in [0.4, 0.5) is 4.39 Å². The van der Waals surface area contributed by atoms with Gasteiger partial charge in [0.2, 0.25) is 0 Å². The van der Waals surface area contributed by atoms with Crippen LogP contribution in [0.5, 0.6) is 0 Å². The highest BCUT2D eigenvalue weighted by molar-refractivity contribution is 14.0. The molecule has 1 aromatic rings. The van der Waals surface area contributed by atoms with Gasteiger partial charge in [0.1, 0.15) is 5.82 Å². The number of benzene rings is 1. The molecule has 0 bridgehead atoms. The maximum Gasteiger partial charge on any atom is 0.308 e. The van der Waals surface area contributed by atoms with Gasteiger partial charge in [0.15, 0.2) is 5.96 Å². The van der Waals surface area contributed by atoms with Crippen molar-refractivity contribution in [1.29, 1.82) is 0 Å². The van der Waals surface area contributed by atoms with Crippen LogP contribution in [-0.4, -0.2) is 50.6 Å². The zero-order valence-corrected chi connectivity index (χ0v) is 19.8. The zero-order chi connectivity index (χ0) is 20.0. The minimum absolute atomic E-state index is 0. The van der Waals surface area contributed by atoms with Gasteiger partial charge in [-0.2, -0.15) is 0 Å². The van der Waals surface area contributed by atoms with Gasteiger partial charge in [-0.3, -0.25) is 9.79 Å². The van der Waals surface area contributed by atoms with Gasteiger partial charge in [0.05, 0.1) is 13.0 Å². The Morgan fingerprint density at radius 3 is 2.55 bits per heavy atom. The van der Waals surface area contributed by atoms with Crippen molar-refractivity contribution < 1.29 is 13.9 Å².